The van der Waals surface area contributed by atoms with E-state index in [1.165, 1.54) is 38.9 Å². The maximum absolute atomic E-state index is 2.35. The van der Waals surface area contributed by atoms with Gasteiger partial charge in [-0.2, -0.15) is 0 Å². The Labute approximate surface area is 156 Å². The molecule has 4 rings (SSSR count). The molecule has 1 aliphatic carbocycles. The average molecular weight is 336 g/mol. The summed E-state index contributed by atoms with van der Waals surface area (Å²) in [5, 5.41) is 0. The smallest absolute Gasteiger partial charge is 0.0159 e. The minimum absolute atomic E-state index is 0.0542. The third kappa shape index (κ3) is 2.72. The van der Waals surface area contributed by atoms with E-state index in [1.807, 2.05) is 0 Å². The van der Waals surface area contributed by atoms with Crippen molar-refractivity contribution in [3.05, 3.63) is 101 Å². The molecule has 1 aliphatic rings. The quantitative estimate of drug-likeness (QED) is 0.444. The van der Waals surface area contributed by atoms with Crippen molar-refractivity contribution in [1.29, 1.82) is 0 Å². The Morgan fingerprint density at radius 1 is 0.654 bits per heavy atom. The maximum atomic E-state index is 2.35. The van der Waals surface area contributed by atoms with E-state index in [2.05, 4.69) is 112 Å². The molecule has 0 nitrogen and oxygen atoms in total. The summed E-state index contributed by atoms with van der Waals surface area (Å²) < 4.78 is 0. The highest BCUT2D eigenvalue weighted by Crippen LogP contribution is 2.48. The molecule has 0 saturated heterocycles. The fourth-order valence-corrected chi connectivity index (χ4v) is 4.01. The Bertz CT molecular complexity index is 1020. The van der Waals surface area contributed by atoms with Crippen LogP contribution in [0.2, 0.25) is 0 Å². The predicted octanol–water partition coefficient (Wildman–Crippen LogP) is 7.20. The molecule has 0 N–H and O–H groups in total. The normalized spacial score (nSPS) is 14.7. The summed E-state index contributed by atoms with van der Waals surface area (Å²) in [6.07, 6.45) is 8.68. The van der Waals surface area contributed by atoms with Crippen LogP contribution in [0.1, 0.15) is 48.6 Å². The van der Waals surface area contributed by atoms with E-state index < -0.39 is 0 Å². The Morgan fingerprint density at radius 3 is 2.08 bits per heavy atom. The summed E-state index contributed by atoms with van der Waals surface area (Å²) in [7, 11) is 0. The second-order valence-corrected chi connectivity index (χ2v) is 7.44. The number of hydrogen-bond donors (Lipinski definition) is 0. The number of rotatable bonds is 3. The topological polar surface area (TPSA) is 0 Å². The first-order valence-electron chi connectivity index (χ1n) is 9.25. The Kier molecular flexibility index (Phi) is 4.12. The molecule has 0 bridgehead atoms. The van der Waals surface area contributed by atoms with Gasteiger partial charge in [0.25, 0.3) is 0 Å². The molecular formula is C26H24. The van der Waals surface area contributed by atoms with Crippen LogP contribution < -0.4 is 0 Å². The summed E-state index contributed by atoms with van der Waals surface area (Å²) in [6, 6.07) is 24.1. The van der Waals surface area contributed by atoms with Crippen molar-refractivity contribution < 1.29 is 0 Å². The molecular weight excluding hydrogens is 312 g/mol. The predicted molar refractivity (Wildman–Crippen MR) is 114 cm³/mol. The van der Waals surface area contributed by atoms with Crippen molar-refractivity contribution in [2.75, 3.05) is 0 Å². The largest absolute Gasteiger partial charge is 0.0870 e. The molecule has 3 aromatic carbocycles. The highest BCUT2D eigenvalue weighted by molar-refractivity contribution is 5.83. The molecule has 0 radical (unpaired) electrons. The van der Waals surface area contributed by atoms with Crippen molar-refractivity contribution in [2.45, 2.75) is 26.2 Å². The zero-order chi connectivity index (χ0) is 18.1. The van der Waals surface area contributed by atoms with E-state index in [0.29, 0.717) is 0 Å². The van der Waals surface area contributed by atoms with Gasteiger partial charge in [-0.1, -0.05) is 105 Å². The zero-order valence-corrected chi connectivity index (χ0v) is 15.7. The first kappa shape index (κ1) is 16.6. The number of fused-ring (bicyclic) bond motifs is 3. The minimum atomic E-state index is 0.0542. The highest BCUT2D eigenvalue weighted by Gasteiger charge is 2.34. The highest BCUT2D eigenvalue weighted by atomic mass is 14.4. The van der Waals surface area contributed by atoms with Crippen molar-refractivity contribution in [2.24, 2.45) is 0 Å². The molecule has 0 amide bonds. The van der Waals surface area contributed by atoms with Gasteiger partial charge in [-0.25, -0.2) is 0 Å². The lowest BCUT2D eigenvalue weighted by Gasteiger charge is -2.21. The first-order valence-corrected chi connectivity index (χ1v) is 9.25. The molecule has 0 fully saturated rings. The molecule has 0 aromatic heterocycles. The lowest BCUT2D eigenvalue weighted by atomic mass is 9.82. The number of benzene rings is 3. The Hall–Kier alpha value is -2.86. The van der Waals surface area contributed by atoms with Gasteiger partial charge in [-0.05, 0) is 45.9 Å². The van der Waals surface area contributed by atoms with E-state index in [0.717, 1.165) is 0 Å². The van der Waals surface area contributed by atoms with E-state index in [-0.39, 0.29) is 5.41 Å². The zero-order valence-electron chi connectivity index (χ0n) is 15.7. The molecule has 0 unspecified atom stereocenters. The van der Waals surface area contributed by atoms with Crippen LogP contribution in [-0.4, -0.2) is 0 Å². The van der Waals surface area contributed by atoms with Crippen LogP contribution in [0.15, 0.2) is 72.8 Å². The molecule has 0 spiro atoms. The van der Waals surface area contributed by atoms with Crippen LogP contribution in [0.4, 0.5) is 0 Å². The minimum Gasteiger partial charge on any atom is -0.0870 e. The van der Waals surface area contributed by atoms with Gasteiger partial charge < -0.3 is 0 Å². The van der Waals surface area contributed by atoms with Crippen LogP contribution in [-0.2, 0) is 5.41 Å². The maximum Gasteiger partial charge on any atom is 0.0159 e. The lowest BCUT2D eigenvalue weighted by molar-refractivity contribution is 0.660. The van der Waals surface area contributed by atoms with Crippen molar-refractivity contribution in [3.8, 4) is 11.1 Å². The van der Waals surface area contributed by atoms with Gasteiger partial charge in [0.2, 0.25) is 0 Å². The van der Waals surface area contributed by atoms with Crippen LogP contribution in [0.3, 0.4) is 0 Å². The van der Waals surface area contributed by atoms with Gasteiger partial charge in [-0.15, -0.1) is 0 Å². The van der Waals surface area contributed by atoms with Crippen LogP contribution >= 0.6 is 0 Å². The van der Waals surface area contributed by atoms with Gasteiger partial charge >= 0.3 is 0 Å². The monoisotopic (exact) mass is 336 g/mol. The van der Waals surface area contributed by atoms with Crippen molar-refractivity contribution in [3.63, 3.8) is 0 Å². The molecule has 0 aliphatic heterocycles. The Balaban J connectivity index is 1.73. The van der Waals surface area contributed by atoms with Crippen LogP contribution in [0.5, 0.6) is 0 Å². The van der Waals surface area contributed by atoms with Crippen LogP contribution in [0.25, 0.3) is 29.4 Å². The van der Waals surface area contributed by atoms with E-state index in [4.69, 9.17) is 0 Å². The van der Waals surface area contributed by atoms with Gasteiger partial charge in [0.05, 0.1) is 0 Å². The molecule has 3 aromatic rings. The fourth-order valence-electron chi connectivity index (χ4n) is 4.01. The molecule has 0 heterocycles. The average Bonchev–Trinajstić information content (AvgIpc) is 2.89. The van der Waals surface area contributed by atoms with E-state index in [1.54, 1.807) is 0 Å². The van der Waals surface area contributed by atoms with Gasteiger partial charge in [0.15, 0.2) is 0 Å². The summed E-state index contributed by atoms with van der Waals surface area (Å²) in [6.45, 7) is 6.71. The SMILES string of the molecule is C/C=C/c1ccccc1/C=C\c1ccc2c(c1)C(C)(C)c1ccccc1-2. The van der Waals surface area contributed by atoms with Crippen molar-refractivity contribution >= 4 is 18.2 Å². The molecule has 0 saturated carbocycles. The second kappa shape index (κ2) is 6.46. The summed E-state index contributed by atoms with van der Waals surface area (Å²) in [4.78, 5) is 0. The van der Waals surface area contributed by atoms with E-state index >= 15 is 0 Å². The number of allylic oxidation sites excluding steroid dienone is 1. The summed E-state index contributed by atoms with van der Waals surface area (Å²) in [5.74, 6) is 0. The standard InChI is InChI=1S/C26H24/c1-4-9-20-10-5-6-11-21(20)16-14-19-15-17-23-22-12-7-8-13-24(22)26(2,3)25(23)18-19/h4-18H,1-3H3/b9-4+,16-14-. The van der Waals surface area contributed by atoms with Gasteiger partial charge in [0, 0.05) is 5.41 Å². The van der Waals surface area contributed by atoms with Gasteiger partial charge in [0.1, 0.15) is 0 Å². The van der Waals surface area contributed by atoms with Crippen molar-refractivity contribution in [1.82, 2.24) is 0 Å². The molecule has 128 valence electrons. The molecule has 0 heteroatoms. The third-order valence-electron chi connectivity index (χ3n) is 5.41. The first-order chi connectivity index (χ1) is 12.6. The van der Waals surface area contributed by atoms with Crippen LogP contribution in [0, 0.1) is 0 Å². The lowest BCUT2D eigenvalue weighted by Crippen LogP contribution is -2.14. The molecule has 0 atom stereocenters. The summed E-state index contributed by atoms with van der Waals surface area (Å²) in [5.41, 5.74) is 9.39. The van der Waals surface area contributed by atoms with E-state index in [9.17, 15) is 0 Å². The second-order valence-electron chi connectivity index (χ2n) is 7.44. The fraction of sp³-hybridized carbons (Fsp3) is 0.154. The number of hydrogen-bond acceptors (Lipinski definition) is 0. The summed E-state index contributed by atoms with van der Waals surface area (Å²) >= 11 is 0. The molecule has 26 heavy (non-hydrogen) atoms. The van der Waals surface area contributed by atoms with Gasteiger partial charge in [-0.3, -0.25) is 0 Å². The third-order valence-corrected chi connectivity index (χ3v) is 5.41. The Morgan fingerprint density at radius 2 is 1.31 bits per heavy atom.